The molecule has 2 heterocycles. The van der Waals surface area contributed by atoms with Gasteiger partial charge in [-0.15, -0.1) is 11.3 Å². The van der Waals surface area contributed by atoms with Crippen LogP contribution in [0.3, 0.4) is 0 Å². The van der Waals surface area contributed by atoms with Crippen molar-refractivity contribution in [2.24, 2.45) is 7.05 Å². The van der Waals surface area contributed by atoms with E-state index in [0.717, 1.165) is 37.3 Å². The van der Waals surface area contributed by atoms with E-state index in [9.17, 15) is 4.79 Å². The number of hydrogen-bond acceptors (Lipinski definition) is 5. The second-order valence-electron chi connectivity index (χ2n) is 5.23. The summed E-state index contributed by atoms with van der Waals surface area (Å²) in [5.41, 5.74) is 1.07. The minimum absolute atomic E-state index is 0.0309. The van der Waals surface area contributed by atoms with Crippen molar-refractivity contribution in [3.05, 3.63) is 51.1 Å². The molecule has 3 aromatic rings. The topological polar surface area (TPSA) is 44.1 Å². The van der Waals surface area contributed by atoms with Crippen LogP contribution in [0, 0.1) is 13.8 Å². The van der Waals surface area contributed by atoms with Crippen molar-refractivity contribution in [2.45, 2.75) is 19.0 Å². The van der Waals surface area contributed by atoms with Crippen molar-refractivity contribution in [3.8, 4) is 5.75 Å². The molecule has 0 spiro atoms. The van der Waals surface area contributed by atoms with Gasteiger partial charge in [-0.05, 0) is 31.5 Å². The van der Waals surface area contributed by atoms with Gasteiger partial charge in [-0.25, -0.2) is 4.98 Å². The second-order valence-corrected chi connectivity index (χ2v) is 7.50. The summed E-state index contributed by atoms with van der Waals surface area (Å²) in [4.78, 5) is 19.2. The summed E-state index contributed by atoms with van der Waals surface area (Å²) in [7, 11) is 1.78. The summed E-state index contributed by atoms with van der Waals surface area (Å²) in [5, 5.41) is 1.49. The average molecular weight is 346 g/mol. The highest BCUT2D eigenvalue weighted by Crippen LogP contribution is 2.28. The molecule has 120 valence electrons. The van der Waals surface area contributed by atoms with Crippen LogP contribution >= 0.6 is 23.1 Å². The van der Waals surface area contributed by atoms with E-state index >= 15 is 0 Å². The first-order chi connectivity index (χ1) is 11.1. The van der Waals surface area contributed by atoms with Gasteiger partial charge in [0.05, 0.1) is 12.0 Å². The Bertz CT molecular complexity index is 885. The third-order valence-electron chi connectivity index (χ3n) is 3.70. The summed E-state index contributed by atoms with van der Waals surface area (Å²) in [6.07, 6.45) is 0. The molecule has 3 rings (SSSR count). The highest BCUT2D eigenvalue weighted by Gasteiger charge is 2.14. The number of ether oxygens (including phenoxy) is 1. The van der Waals surface area contributed by atoms with Gasteiger partial charge in [0.15, 0.2) is 5.16 Å². The fourth-order valence-corrected chi connectivity index (χ4v) is 4.15. The third kappa shape index (κ3) is 3.28. The minimum Gasteiger partial charge on any atom is -0.493 e. The van der Waals surface area contributed by atoms with E-state index in [1.165, 1.54) is 0 Å². The number of nitrogens with zero attached hydrogens (tertiary/aromatic N) is 2. The van der Waals surface area contributed by atoms with Crippen LogP contribution in [0.15, 0.2) is 40.3 Å². The molecule has 0 aliphatic carbocycles. The summed E-state index contributed by atoms with van der Waals surface area (Å²) in [6, 6.07) is 9.72. The average Bonchev–Trinajstić information content (AvgIpc) is 2.84. The molecule has 6 heteroatoms. The van der Waals surface area contributed by atoms with Crippen molar-refractivity contribution in [1.29, 1.82) is 0 Å². The monoisotopic (exact) mass is 346 g/mol. The molecule has 4 nitrogen and oxygen atoms in total. The molecule has 2 aromatic heterocycles. The zero-order valence-corrected chi connectivity index (χ0v) is 15.0. The van der Waals surface area contributed by atoms with Crippen LogP contribution in [-0.4, -0.2) is 21.9 Å². The van der Waals surface area contributed by atoms with E-state index in [4.69, 9.17) is 4.74 Å². The Labute approximate surface area is 143 Å². The van der Waals surface area contributed by atoms with E-state index in [2.05, 4.69) is 4.98 Å². The molecule has 0 fully saturated rings. The number of thioether (sulfide) groups is 1. The lowest BCUT2D eigenvalue weighted by Crippen LogP contribution is -2.20. The summed E-state index contributed by atoms with van der Waals surface area (Å²) in [6.45, 7) is 4.59. The van der Waals surface area contributed by atoms with Gasteiger partial charge < -0.3 is 4.74 Å². The van der Waals surface area contributed by atoms with Crippen molar-refractivity contribution in [2.75, 3.05) is 12.4 Å². The van der Waals surface area contributed by atoms with E-state index in [0.29, 0.717) is 6.61 Å². The standard InChI is InChI=1S/C17H18N2O2S2/c1-11-12(2)23-15-14(11)16(20)19(3)17(18-15)22-10-9-21-13-7-5-4-6-8-13/h4-8H,9-10H2,1-3H3. The molecule has 0 radical (unpaired) electrons. The Morgan fingerprint density at radius 2 is 2.00 bits per heavy atom. The molecule has 0 saturated carbocycles. The van der Waals surface area contributed by atoms with Crippen LogP contribution in [0.1, 0.15) is 10.4 Å². The molecule has 0 unspecified atom stereocenters. The van der Waals surface area contributed by atoms with Gasteiger partial charge in [-0.1, -0.05) is 30.0 Å². The summed E-state index contributed by atoms with van der Waals surface area (Å²) >= 11 is 3.13. The second kappa shape index (κ2) is 6.76. The van der Waals surface area contributed by atoms with Gasteiger partial charge in [0.25, 0.3) is 5.56 Å². The number of aryl methyl sites for hydroxylation is 2. The molecule has 0 aliphatic rings. The van der Waals surface area contributed by atoms with Crippen LogP contribution in [0.2, 0.25) is 0 Å². The maximum Gasteiger partial charge on any atom is 0.262 e. The largest absolute Gasteiger partial charge is 0.493 e. The van der Waals surface area contributed by atoms with E-state index in [1.807, 2.05) is 44.2 Å². The Kier molecular flexibility index (Phi) is 4.73. The maximum atomic E-state index is 12.5. The highest BCUT2D eigenvalue weighted by molar-refractivity contribution is 7.99. The fraction of sp³-hybridized carbons (Fsp3) is 0.294. The highest BCUT2D eigenvalue weighted by atomic mass is 32.2. The zero-order valence-electron chi connectivity index (χ0n) is 13.3. The predicted octanol–water partition coefficient (Wildman–Crippen LogP) is 3.78. The van der Waals surface area contributed by atoms with E-state index in [1.54, 1.807) is 34.7 Å². The molecule has 0 N–H and O–H groups in total. The SMILES string of the molecule is Cc1sc2nc(SCCOc3ccccc3)n(C)c(=O)c2c1C. The van der Waals surface area contributed by atoms with Gasteiger partial charge >= 0.3 is 0 Å². The quantitative estimate of drug-likeness (QED) is 0.401. The normalized spacial score (nSPS) is 11.1. The van der Waals surface area contributed by atoms with E-state index in [-0.39, 0.29) is 5.56 Å². The molecule has 0 amide bonds. The van der Waals surface area contributed by atoms with Gasteiger partial charge in [0.2, 0.25) is 0 Å². The van der Waals surface area contributed by atoms with Gasteiger partial charge in [0.1, 0.15) is 10.6 Å². The number of thiophene rings is 1. The number of rotatable bonds is 5. The van der Waals surface area contributed by atoms with E-state index < -0.39 is 0 Å². The number of hydrogen-bond donors (Lipinski definition) is 0. The first-order valence-electron chi connectivity index (χ1n) is 7.35. The lowest BCUT2D eigenvalue weighted by atomic mass is 10.2. The smallest absolute Gasteiger partial charge is 0.262 e. The molecular weight excluding hydrogens is 328 g/mol. The molecular formula is C17H18N2O2S2. The van der Waals surface area contributed by atoms with Crippen LogP contribution < -0.4 is 10.3 Å². The maximum absolute atomic E-state index is 12.5. The van der Waals surface area contributed by atoms with Crippen LogP contribution in [0.5, 0.6) is 5.75 Å². The predicted molar refractivity (Wildman–Crippen MR) is 97.0 cm³/mol. The Balaban J connectivity index is 1.73. The lowest BCUT2D eigenvalue weighted by molar-refractivity contribution is 0.344. The minimum atomic E-state index is 0.0309. The van der Waals surface area contributed by atoms with Crippen LogP contribution in [0.4, 0.5) is 0 Å². The number of benzene rings is 1. The summed E-state index contributed by atoms with van der Waals surface area (Å²) in [5.74, 6) is 1.60. The van der Waals surface area contributed by atoms with Crippen molar-refractivity contribution < 1.29 is 4.74 Å². The molecule has 0 saturated heterocycles. The molecule has 23 heavy (non-hydrogen) atoms. The Hall–Kier alpha value is -1.79. The molecule has 0 bridgehead atoms. The lowest BCUT2D eigenvalue weighted by Gasteiger charge is -2.08. The first kappa shape index (κ1) is 16.1. The fourth-order valence-electron chi connectivity index (χ4n) is 2.29. The van der Waals surface area contributed by atoms with Crippen molar-refractivity contribution in [1.82, 2.24) is 9.55 Å². The third-order valence-corrected chi connectivity index (χ3v) is 5.79. The number of para-hydroxylation sites is 1. The molecule has 0 atom stereocenters. The van der Waals surface area contributed by atoms with Crippen LogP contribution in [-0.2, 0) is 7.05 Å². The summed E-state index contributed by atoms with van der Waals surface area (Å²) < 4.78 is 7.31. The van der Waals surface area contributed by atoms with Crippen LogP contribution in [0.25, 0.3) is 10.2 Å². The van der Waals surface area contributed by atoms with Crippen molar-refractivity contribution >= 4 is 33.3 Å². The molecule has 0 aliphatic heterocycles. The first-order valence-corrected chi connectivity index (χ1v) is 9.15. The van der Waals surface area contributed by atoms with Crippen molar-refractivity contribution in [3.63, 3.8) is 0 Å². The van der Waals surface area contributed by atoms with Gasteiger partial charge in [-0.2, -0.15) is 0 Å². The Morgan fingerprint density at radius 1 is 1.26 bits per heavy atom. The number of fused-ring (bicyclic) bond motifs is 1. The number of aromatic nitrogens is 2. The molecule has 1 aromatic carbocycles. The zero-order chi connectivity index (χ0) is 16.4. The van der Waals surface area contributed by atoms with Gasteiger partial charge in [-0.3, -0.25) is 9.36 Å². The van der Waals surface area contributed by atoms with Gasteiger partial charge in [0, 0.05) is 17.7 Å². The Morgan fingerprint density at radius 3 is 2.74 bits per heavy atom.